The highest BCUT2D eigenvalue weighted by molar-refractivity contribution is 5.96. The number of fused-ring (bicyclic) bond motifs is 1. The minimum Gasteiger partial charge on any atom is -0.422 e. The zero-order valence-corrected chi connectivity index (χ0v) is 17.3. The molecule has 1 saturated heterocycles. The molecule has 1 amide bonds. The van der Waals surface area contributed by atoms with Crippen molar-refractivity contribution in [2.75, 3.05) is 39.4 Å². The third kappa shape index (κ3) is 4.44. The molecule has 1 aliphatic heterocycles. The first kappa shape index (κ1) is 20.3. The Labute approximate surface area is 174 Å². The van der Waals surface area contributed by atoms with Crippen LogP contribution in [0.5, 0.6) is 0 Å². The van der Waals surface area contributed by atoms with Crippen LogP contribution in [0.3, 0.4) is 0 Å². The fourth-order valence-electron chi connectivity index (χ4n) is 3.73. The Kier molecular flexibility index (Phi) is 5.96. The summed E-state index contributed by atoms with van der Waals surface area (Å²) in [6.45, 7) is 6.57. The predicted octanol–water partition coefficient (Wildman–Crippen LogP) is 1.81. The number of aryl methyl sites for hydroxylation is 2. The third-order valence-electron chi connectivity index (χ3n) is 5.40. The van der Waals surface area contributed by atoms with E-state index in [9.17, 15) is 9.59 Å². The molecule has 0 unspecified atom stereocenters. The van der Waals surface area contributed by atoms with Crippen LogP contribution in [0.4, 0.5) is 0 Å². The van der Waals surface area contributed by atoms with Crippen LogP contribution in [0, 0.1) is 6.92 Å². The van der Waals surface area contributed by atoms with Crippen molar-refractivity contribution in [1.29, 1.82) is 0 Å². The summed E-state index contributed by atoms with van der Waals surface area (Å²) in [6, 6.07) is 10.8. The van der Waals surface area contributed by atoms with E-state index in [2.05, 4.69) is 10.00 Å². The molecule has 2 aromatic heterocycles. The summed E-state index contributed by atoms with van der Waals surface area (Å²) in [4.78, 5) is 29.9. The van der Waals surface area contributed by atoms with E-state index in [1.54, 1.807) is 27.8 Å². The van der Waals surface area contributed by atoms with Gasteiger partial charge in [0.1, 0.15) is 11.1 Å². The SMILES string of the molecule is Cc1cc(CN(CCN2CCOCC2)C(=O)c2cc3ccccc3oc2=O)n(C)n1. The normalized spacial score (nSPS) is 14.9. The number of benzene rings is 1. The van der Waals surface area contributed by atoms with Crippen molar-refractivity contribution >= 4 is 16.9 Å². The molecule has 0 bridgehead atoms. The van der Waals surface area contributed by atoms with Gasteiger partial charge in [0.2, 0.25) is 0 Å². The maximum atomic E-state index is 13.4. The maximum Gasteiger partial charge on any atom is 0.349 e. The standard InChI is InChI=1S/C22H26N4O4/c1-16-13-18(24(2)23-16)15-26(8-7-25-9-11-29-12-10-25)21(27)19-14-17-5-3-4-6-20(17)30-22(19)28/h3-6,13-14H,7-12,15H2,1-2H3. The fraction of sp³-hybridized carbons (Fsp3) is 0.409. The number of nitrogens with zero attached hydrogens (tertiary/aromatic N) is 4. The number of rotatable bonds is 6. The summed E-state index contributed by atoms with van der Waals surface area (Å²) in [5, 5.41) is 5.10. The van der Waals surface area contributed by atoms with Gasteiger partial charge in [-0.15, -0.1) is 0 Å². The van der Waals surface area contributed by atoms with Crippen LogP contribution < -0.4 is 5.63 Å². The molecule has 1 aliphatic rings. The molecule has 4 rings (SSSR count). The number of amides is 1. The Bertz CT molecular complexity index is 1100. The average molecular weight is 410 g/mol. The van der Waals surface area contributed by atoms with Crippen LogP contribution in [0.25, 0.3) is 11.0 Å². The first-order valence-corrected chi connectivity index (χ1v) is 10.1. The number of carbonyl (C=O) groups excluding carboxylic acids is 1. The summed E-state index contributed by atoms with van der Waals surface area (Å²) < 4.78 is 12.6. The van der Waals surface area contributed by atoms with Crippen molar-refractivity contribution in [3.05, 3.63) is 63.8 Å². The predicted molar refractivity (Wildman–Crippen MR) is 112 cm³/mol. The van der Waals surface area contributed by atoms with Crippen LogP contribution in [0.1, 0.15) is 21.7 Å². The molecule has 3 aromatic rings. The number of carbonyl (C=O) groups is 1. The van der Waals surface area contributed by atoms with Gasteiger partial charge in [-0.3, -0.25) is 14.4 Å². The van der Waals surface area contributed by atoms with E-state index in [0.717, 1.165) is 29.9 Å². The lowest BCUT2D eigenvalue weighted by molar-refractivity contribution is 0.0318. The number of para-hydroxylation sites is 1. The number of aromatic nitrogens is 2. The minimum atomic E-state index is -0.615. The molecule has 8 heteroatoms. The Balaban J connectivity index is 1.61. The maximum absolute atomic E-state index is 13.4. The van der Waals surface area contributed by atoms with Crippen LogP contribution in [0.15, 0.2) is 45.6 Å². The van der Waals surface area contributed by atoms with Gasteiger partial charge in [-0.25, -0.2) is 4.79 Å². The highest BCUT2D eigenvalue weighted by Gasteiger charge is 2.23. The molecule has 1 fully saturated rings. The van der Waals surface area contributed by atoms with Gasteiger partial charge in [0.05, 0.1) is 31.1 Å². The summed E-state index contributed by atoms with van der Waals surface area (Å²) in [6.07, 6.45) is 0. The molecule has 0 aliphatic carbocycles. The lowest BCUT2D eigenvalue weighted by atomic mass is 10.1. The van der Waals surface area contributed by atoms with E-state index in [-0.39, 0.29) is 11.5 Å². The average Bonchev–Trinajstić information content (AvgIpc) is 3.07. The third-order valence-corrected chi connectivity index (χ3v) is 5.40. The number of ether oxygens (including phenoxy) is 1. The highest BCUT2D eigenvalue weighted by atomic mass is 16.5. The summed E-state index contributed by atoms with van der Waals surface area (Å²) in [5.74, 6) is -0.332. The van der Waals surface area contributed by atoms with Gasteiger partial charge in [0, 0.05) is 38.6 Å². The lowest BCUT2D eigenvalue weighted by Crippen LogP contribution is -2.43. The summed E-state index contributed by atoms with van der Waals surface area (Å²) in [7, 11) is 1.86. The zero-order chi connectivity index (χ0) is 21.1. The molecule has 30 heavy (non-hydrogen) atoms. The Morgan fingerprint density at radius 2 is 1.97 bits per heavy atom. The highest BCUT2D eigenvalue weighted by Crippen LogP contribution is 2.15. The van der Waals surface area contributed by atoms with Gasteiger partial charge < -0.3 is 14.1 Å². The van der Waals surface area contributed by atoms with Gasteiger partial charge in [0.15, 0.2) is 0 Å². The molecule has 0 spiro atoms. The fourth-order valence-corrected chi connectivity index (χ4v) is 3.73. The topological polar surface area (TPSA) is 80.8 Å². The smallest absolute Gasteiger partial charge is 0.349 e. The van der Waals surface area contributed by atoms with E-state index in [4.69, 9.17) is 9.15 Å². The quantitative estimate of drug-likeness (QED) is 0.577. The molecule has 0 saturated carbocycles. The van der Waals surface area contributed by atoms with Crippen molar-refractivity contribution in [3.8, 4) is 0 Å². The second-order valence-corrected chi connectivity index (χ2v) is 7.57. The van der Waals surface area contributed by atoms with Crippen molar-refractivity contribution in [2.24, 2.45) is 7.05 Å². The van der Waals surface area contributed by atoms with Gasteiger partial charge in [0.25, 0.3) is 5.91 Å². The van der Waals surface area contributed by atoms with E-state index in [1.165, 1.54) is 0 Å². The van der Waals surface area contributed by atoms with Gasteiger partial charge >= 0.3 is 5.63 Å². The van der Waals surface area contributed by atoms with Crippen molar-refractivity contribution in [2.45, 2.75) is 13.5 Å². The number of hydrogen-bond acceptors (Lipinski definition) is 6. The Morgan fingerprint density at radius 1 is 1.20 bits per heavy atom. The van der Waals surface area contributed by atoms with Gasteiger partial charge in [-0.05, 0) is 25.1 Å². The van der Waals surface area contributed by atoms with Crippen LogP contribution >= 0.6 is 0 Å². The van der Waals surface area contributed by atoms with E-state index < -0.39 is 5.63 Å². The zero-order valence-electron chi connectivity index (χ0n) is 17.3. The molecular weight excluding hydrogens is 384 g/mol. The second kappa shape index (κ2) is 8.81. The van der Waals surface area contributed by atoms with Gasteiger partial charge in [-0.1, -0.05) is 18.2 Å². The Hall–Kier alpha value is -2.97. The van der Waals surface area contributed by atoms with Crippen molar-refractivity contribution in [3.63, 3.8) is 0 Å². The van der Waals surface area contributed by atoms with Crippen LogP contribution in [0.2, 0.25) is 0 Å². The number of morpholine rings is 1. The molecule has 158 valence electrons. The van der Waals surface area contributed by atoms with Gasteiger partial charge in [-0.2, -0.15) is 5.10 Å². The second-order valence-electron chi connectivity index (χ2n) is 7.57. The first-order valence-electron chi connectivity index (χ1n) is 10.1. The molecule has 0 N–H and O–H groups in total. The van der Waals surface area contributed by atoms with Crippen LogP contribution in [-0.4, -0.2) is 64.9 Å². The molecule has 1 aromatic carbocycles. The Morgan fingerprint density at radius 3 is 2.70 bits per heavy atom. The van der Waals surface area contributed by atoms with Crippen molar-refractivity contribution < 1.29 is 13.9 Å². The minimum absolute atomic E-state index is 0.0505. The lowest BCUT2D eigenvalue weighted by Gasteiger charge is -2.30. The van der Waals surface area contributed by atoms with Crippen molar-refractivity contribution in [1.82, 2.24) is 19.6 Å². The van der Waals surface area contributed by atoms with E-state index in [0.29, 0.717) is 38.4 Å². The van der Waals surface area contributed by atoms with E-state index in [1.807, 2.05) is 32.2 Å². The largest absolute Gasteiger partial charge is 0.422 e. The molecule has 3 heterocycles. The van der Waals surface area contributed by atoms with E-state index >= 15 is 0 Å². The summed E-state index contributed by atoms with van der Waals surface area (Å²) in [5.41, 5.74) is 1.71. The summed E-state index contributed by atoms with van der Waals surface area (Å²) >= 11 is 0. The molecule has 0 radical (unpaired) electrons. The first-order chi connectivity index (χ1) is 14.5. The molecule has 0 atom stereocenters. The molecule has 8 nitrogen and oxygen atoms in total. The van der Waals surface area contributed by atoms with Crippen LogP contribution in [-0.2, 0) is 18.3 Å². The molecular formula is C22H26N4O4. The number of hydrogen-bond donors (Lipinski definition) is 0. The monoisotopic (exact) mass is 410 g/mol.